The van der Waals surface area contributed by atoms with Crippen molar-refractivity contribution in [2.45, 2.75) is 26.9 Å². The van der Waals surface area contributed by atoms with Gasteiger partial charge in [0.2, 0.25) is 0 Å². The van der Waals surface area contributed by atoms with Crippen LogP contribution in [0.2, 0.25) is 0 Å². The first kappa shape index (κ1) is 11.7. The quantitative estimate of drug-likeness (QED) is 0.847. The molecule has 1 heterocycles. The Balaban J connectivity index is 2.47. The summed E-state index contributed by atoms with van der Waals surface area (Å²) in [6.45, 7) is 5.96. The van der Waals surface area contributed by atoms with Gasteiger partial charge in [-0.15, -0.1) is 0 Å². The molecule has 0 radical (unpaired) electrons. The molecule has 2 aromatic rings. The minimum atomic E-state index is -0.585. The van der Waals surface area contributed by atoms with Crippen LogP contribution in [-0.2, 0) is 0 Å². The van der Waals surface area contributed by atoms with E-state index in [1.807, 2.05) is 45.0 Å². The fraction of sp³-hybridized carbons (Fsp3) is 0.385. The molecule has 1 aromatic carbocycles. The number of rotatable bonds is 1. The van der Waals surface area contributed by atoms with Crippen LogP contribution in [0.3, 0.4) is 0 Å². The maximum absolute atomic E-state index is 10.1. The summed E-state index contributed by atoms with van der Waals surface area (Å²) >= 11 is 3.41. The molecule has 2 rings (SSSR count). The lowest BCUT2D eigenvalue weighted by molar-refractivity contribution is 0.0448. The lowest BCUT2D eigenvalue weighted by atomic mass is 9.88. The molecule has 0 aliphatic carbocycles. The third kappa shape index (κ3) is 2.15. The largest absolute Gasteiger partial charge is 0.458 e. The van der Waals surface area contributed by atoms with E-state index in [-0.39, 0.29) is 5.41 Å². The Hall–Kier alpha value is -0.800. The first-order chi connectivity index (χ1) is 7.38. The highest BCUT2D eigenvalue weighted by atomic mass is 79.9. The van der Waals surface area contributed by atoms with E-state index < -0.39 is 6.10 Å². The maximum atomic E-state index is 10.1. The van der Waals surface area contributed by atoms with Crippen LogP contribution in [0.4, 0.5) is 0 Å². The number of halogens is 1. The molecule has 0 bridgehead atoms. The average molecular weight is 283 g/mol. The molecule has 2 nitrogen and oxygen atoms in total. The third-order valence-electron chi connectivity index (χ3n) is 2.59. The lowest BCUT2D eigenvalue weighted by Crippen LogP contribution is -2.16. The van der Waals surface area contributed by atoms with Crippen LogP contribution in [0.5, 0.6) is 0 Å². The van der Waals surface area contributed by atoms with E-state index in [0.717, 1.165) is 15.4 Å². The van der Waals surface area contributed by atoms with Crippen molar-refractivity contribution in [3.63, 3.8) is 0 Å². The molecule has 0 spiro atoms. The van der Waals surface area contributed by atoms with Gasteiger partial charge in [-0.25, -0.2) is 0 Å². The molecule has 1 N–H and O–H groups in total. The van der Waals surface area contributed by atoms with Gasteiger partial charge < -0.3 is 9.52 Å². The van der Waals surface area contributed by atoms with E-state index in [1.165, 1.54) is 0 Å². The van der Waals surface area contributed by atoms with Crippen LogP contribution in [0.25, 0.3) is 11.0 Å². The Morgan fingerprint density at radius 2 is 1.94 bits per heavy atom. The summed E-state index contributed by atoms with van der Waals surface area (Å²) in [7, 11) is 0. The number of fused-ring (bicyclic) bond motifs is 1. The minimum Gasteiger partial charge on any atom is -0.458 e. The first-order valence-corrected chi connectivity index (χ1v) is 6.04. The fourth-order valence-corrected chi connectivity index (χ4v) is 1.98. The zero-order valence-corrected chi connectivity index (χ0v) is 11.2. The Morgan fingerprint density at radius 3 is 2.56 bits per heavy atom. The van der Waals surface area contributed by atoms with Crippen molar-refractivity contribution >= 4 is 26.9 Å². The SMILES string of the molecule is CC(C)(C)C(O)c1cc2cc(Br)ccc2o1. The van der Waals surface area contributed by atoms with Crippen molar-refractivity contribution in [3.8, 4) is 0 Å². The highest BCUT2D eigenvalue weighted by molar-refractivity contribution is 9.10. The number of benzene rings is 1. The van der Waals surface area contributed by atoms with Crippen molar-refractivity contribution < 1.29 is 9.52 Å². The Labute approximate surface area is 103 Å². The summed E-state index contributed by atoms with van der Waals surface area (Å²) in [5.74, 6) is 0.626. The highest BCUT2D eigenvalue weighted by Crippen LogP contribution is 2.35. The molecule has 1 unspecified atom stereocenters. The first-order valence-electron chi connectivity index (χ1n) is 5.25. The van der Waals surface area contributed by atoms with Crippen LogP contribution in [0.15, 0.2) is 33.2 Å². The molecule has 1 atom stereocenters. The Kier molecular flexibility index (Phi) is 2.84. The lowest BCUT2D eigenvalue weighted by Gasteiger charge is -2.23. The molecule has 16 heavy (non-hydrogen) atoms. The zero-order valence-electron chi connectivity index (χ0n) is 9.62. The molecule has 0 fully saturated rings. The predicted octanol–water partition coefficient (Wildman–Crippen LogP) is 4.27. The van der Waals surface area contributed by atoms with Gasteiger partial charge in [0.05, 0.1) is 0 Å². The van der Waals surface area contributed by atoms with Gasteiger partial charge in [-0.1, -0.05) is 36.7 Å². The summed E-state index contributed by atoms with van der Waals surface area (Å²) in [4.78, 5) is 0. The maximum Gasteiger partial charge on any atom is 0.134 e. The van der Waals surface area contributed by atoms with Gasteiger partial charge in [0, 0.05) is 9.86 Å². The second-order valence-electron chi connectivity index (χ2n) is 5.10. The van der Waals surface area contributed by atoms with Crippen LogP contribution < -0.4 is 0 Å². The summed E-state index contributed by atoms with van der Waals surface area (Å²) < 4.78 is 6.65. The van der Waals surface area contributed by atoms with Crippen molar-refractivity contribution in [1.29, 1.82) is 0 Å². The third-order valence-corrected chi connectivity index (χ3v) is 3.08. The van der Waals surface area contributed by atoms with Gasteiger partial charge in [0.15, 0.2) is 0 Å². The molecule has 0 saturated carbocycles. The van der Waals surface area contributed by atoms with Crippen LogP contribution >= 0.6 is 15.9 Å². The molecular formula is C13H15BrO2. The molecule has 0 aliphatic rings. The van der Waals surface area contributed by atoms with Crippen LogP contribution in [0.1, 0.15) is 32.6 Å². The zero-order chi connectivity index (χ0) is 11.9. The minimum absolute atomic E-state index is 0.217. The second kappa shape index (κ2) is 3.90. The van der Waals surface area contributed by atoms with E-state index in [1.54, 1.807) is 0 Å². The Morgan fingerprint density at radius 1 is 1.25 bits per heavy atom. The number of hydrogen-bond donors (Lipinski definition) is 1. The van der Waals surface area contributed by atoms with E-state index in [2.05, 4.69) is 15.9 Å². The molecule has 0 aliphatic heterocycles. The van der Waals surface area contributed by atoms with Gasteiger partial charge in [0.1, 0.15) is 17.4 Å². The standard InChI is InChI=1S/C13H15BrO2/c1-13(2,3)12(15)11-7-8-6-9(14)4-5-10(8)16-11/h4-7,12,15H,1-3H3. The molecule has 3 heteroatoms. The van der Waals surface area contributed by atoms with Gasteiger partial charge in [-0.3, -0.25) is 0 Å². The highest BCUT2D eigenvalue weighted by Gasteiger charge is 2.26. The van der Waals surface area contributed by atoms with E-state index in [4.69, 9.17) is 4.42 Å². The van der Waals surface area contributed by atoms with Gasteiger partial charge in [-0.2, -0.15) is 0 Å². The average Bonchev–Trinajstić information content (AvgIpc) is 2.57. The number of aliphatic hydroxyl groups is 1. The fourth-order valence-electron chi connectivity index (χ4n) is 1.60. The van der Waals surface area contributed by atoms with Gasteiger partial charge in [-0.05, 0) is 29.7 Å². The van der Waals surface area contributed by atoms with Crippen molar-refractivity contribution in [2.24, 2.45) is 5.41 Å². The normalized spacial score (nSPS) is 14.3. The van der Waals surface area contributed by atoms with E-state index >= 15 is 0 Å². The summed E-state index contributed by atoms with van der Waals surface area (Å²) in [6.07, 6.45) is -0.585. The molecule has 0 saturated heterocycles. The van der Waals surface area contributed by atoms with E-state index in [9.17, 15) is 5.11 Å². The number of aliphatic hydroxyl groups excluding tert-OH is 1. The van der Waals surface area contributed by atoms with Gasteiger partial charge in [0.25, 0.3) is 0 Å². The topological polar surface area (TPSA) is 33.4 Å². The number of furan rings is 1. The second-order valence-corrected chi connectivity index (χ2v) is 6.02. The van der Waals surface area contributed by atoms with E-state index in [0.29, 0.717) is 5.76 Å². The Bertz CT molecular complexity index is 508. The van der Waals surface area contributed by atoms with Crippen molar-refractivity contribution in [1.82, 2.24) is 0 Å². The molecule has 0 amide bonds. The summed E-state index contributed by atoms with van der Waals surface area (Å²) in [5.41, 5.74) is 0.590. The smallest absolute Gasteiger partial charge is 0.134 e. The molecular weight excluding hydrogens is 268 g/mol. The summed E-state index contributed by atoms with van der Waals surface area (Å²) in [5, 5.41) is 11.1. The molecule has 86 valence electrons. The monoisotopic (exact) mass is 282 g/mol. The van der Waals surface area contributed by atoms with Crippen molar-refractivity contribution in [3.05, 3.63) is 34.5 Å². The van der Waals surface area contributed by atoms with Crippen molar-refractivity contribution in [2.75, 3.05) is 0 Å². The summed E-state index contributed by atoms with van der Waals surface area (Å²) in [6, 6.07) is 7.71. The predicted molar refractivity (Wildman–Crippen MR) is 68.3 cm³/mol. The van der Waals surface area contributed by atoms with Crippen LogP contribution in [0, 0.1) is 5.41 Å². The van der Waals surface area contributed by atoms with Gasteiger partial charge >= 0.3 is 0 Å². The van der Waals surface area contributed by atoms with Crippen LogP contribution in [-0.4, -0.2) is 5.11 Å². The number of hydrogen-bond acceptors (Lipinski definition) is 2. The molecule has 1 aromatic heterocycles.